The average molecular weight is 294 g/mol. The number of methoxy groups -OCH3 is 1. The summed E-state index contributed by atoms with van der Waals surface area (Å²) in [5.74, 6) is 0.892. The molecule has 110 valence electrons. The van der Waals surface area contributed by atoms with Gasteiger partial charge in [0.25, 0.3) is 5.91 Å². The summed E-state index contributed by atoms with van der Waals surface area (Å²) in [7, 11) is 1.63. The van der Waals surface area contributed by atoms with Gasteiger partial charge in [0, 0.05) is 24.3 Å². The van der Waals surface area contributed by atoms with Gasteiger partial charge in [0.2, 0.25) is 0 Å². The molecule has 0 saturated carbocycles. The third-order valence-electron chi connectivity index (χ3n) is 3.62. The zero-order valence-corrected chi connectivity index (χ0v) is 12.7. The summed E-state index contributed by atoms with van der Waals surface area (Å²) in [5.41, 5.74) is -0.636. The molecule has 0 bridgehead atoms. The number of carbonyl (C=O) groups is 1. The first-order chi connectivity index (χ1) is 9.77. The van der Waals surface area contributed by atoms with E-state index in [1.165, 1.54) is 4.90 Å². The Morgan fingerprint density at radius 1 is 1.35 bits per heavy atom. The minimum atomic E-state index is -0.636. The molecular formula is C15H22N2O2S. The molecule has 4 nitrogen and oxygen atoms in total. The minimum Gasteiger partial charge on any atom is -0.368 e. The summed E-state index contributed by atoms with van der Waals surface area (Å²) in [4.78, 5) is 13.5. The van der Waals surface area contributed by atoms with Crippen molar-refractivity contribution in [3.05, 3.63) is 30.3 Å². The van der Waals surface area contributed by atoms with Crippen molar-refractivity contribution in [3.63, 3.8) is 0 Å². The number of nitrogens with one attached hydrogen (secondary N) is 2. The topological polar surface area (TPSA) is 50.4 Å². The van der Waals surface area contributed by atoms with Gasteiger partial charge in [-0.25, -0.2) is 0 Å². The van der Waals surface area contributed by atoms with Crippen molar-refractivity contribution >= 4 is 17.7 Å². The van der Waals surface area contributed by atoms with Gasteiger partial charge in [-0.1, -0.05) is 18.2 Å². The van der Waals surface area contributed by atoms with Gasteiger partial charge in [0.05, 0.1) is 0 Å². The van der Waals surface area contributed by atoms with Gasteiger partial charge in [-0.15, -0.1) is 11.8 Å². The summed E-state index contributed by atoms with van der Waals surface area (Å²) in [6, 6.07) is 10.2. The van der Waals surface area contributed by atoms with Crippen molar-refractivity contribution < 1.29 is 9.53 Å². The van der Waals surface area contributed by atoms with Crippen LogP contribution in [-0.2, 0) is 9.53 Å². The normalized spacial score (nSPS) is 17.6. The third-order valence-corrected chi connectivity index (χ3v) is 4.63. The van der Waals surface area contributed by atoms with Crippen molar-refractivity contribution in [2.45, 2.75) is 23.3 Å². The lowest BCUT2D eigenvalue weighted by atomic mass is 9.91. The van der Waals surface area contributed by atoms with Crippen LogP contribution in [0.15, 0.2) is 35.2 Å². The smallest absolute Gasteiger partial charge is 0.252 e. The second kappa shape index (κ2) is 7.67. The zero-order chi connectivity index (χ0) is 14.3. The lowest BCUT2D eigenvalue weighted by Crippen LogP contribution is -2.54. The molecule has 1 heterocycles. The van der Waals surface area contributed by atoms with E-state index in [4.69, 9.17) is 4.74 Å². The van der Waals surface area contributed by atoms with Crippen LogP contribution in [0.25, 0.3) is 0 Å². The van der Waals surface area contributed by atoms with Gasteiger partial charge in [-0.05, 0) is 38.1 Å². The molecule has 1 aliphatic heterocycles. The summed E-state index contributed by atoms with van der Waals surface area (Å²) < 4.78 is 5.50. The van der Waals surface area contributed by atoms with E-state index in [-0.39, 0.29) is 5.91 Å². The van der Waals surface area contributed by atoms with Crippen LogP contribution >= 0.6 is 11.8 Å². The first kappa shape index (κ1) is 15.4. The summed E-state index contributed by atoms with van der Waals surface area (Å²) in [6.45, 7) is 2.33. The summed E-state index contributed by atoms with van der Waals surface area (Å²) in [6.07, 6.45) is 1.47. The highest BCUT2D eigenvalue weighted by atomic mass is 32.2. The van der Waals surface area contributed by atoms with Gasteiger partial charge in [0.1, 0.15) is 5.60 Å². The Balaban J connectivity index is 1.74. The number of rotatable bonds is 6. The van der Waals surface area contributed by atoms with Crippen LogP contribution in [0.4, 0.5) is 0 Å². The molecule has 1 aromatic rings. The van der Waals surface area contributed by atoms with E-state index in [2.05, 4.69) is 22.8 Å². The number of carbonyl (C=O) groups excluding carboxylic acids is 1. The van der Waals surface area contributed by atoms with Gasteiger partial charge < -0.3 is 15.4 Å². The SMILES string of the molecule is COC1(C(=O)NCCSc2ccccc2)CCNCC1. The Morgan fingerprint density at radius 2 is 2.05 bits per heavy atom. The van der Waals surface area contributed by atoms with Crippen molar-refractivity contribution in [1.82, 2.24) is 10.6 Å². The molecular weight excluding hydrogens is 272 g/mol. The number of thioether (sulfide) groups is 1. The Hall–Kier alpha value is -1.04. The number of hydrogen-bond donors (Lipinski definition) is 2. The fraction of sp³-hybridized carbons (Fsp3) is 0.533. The van der Waals surface area contributed by atoms with E-state index < -0.39 is 5.60 Å². The fourth-order valence-corrected chi connectivity index (χ4v) is 3.16. The van der Waals surface area contributed by atoms with Crippen LogP contribution in [0.1, 0.15) is 12.8 Å². The molecule has 1 amide bonds. The van der Waals surface area contributed by atoms with Crippen molar-refractivity contribution in [2.75, 3.05) is 32.5 Å². The molecule has 1 aliphatic rings. The first-order valence-electron chi connectivity index (χ1n) is 6.99. The maximum atomic E-state index is 12.3. The number of ether oxygens (including phenoxy) is 1. The Labute approximate surface area is 124 Å². The monoisotopic (exact) mass is 294 g/mol. The lowest BCUT2D eigenvalue weighted by Gasteiger charge is -2.34. The maximum absolute atomic E-state index is 12.3. The highest BCUT2D eigenvalue weighted by molar-refractivity contribution is 7.99. The van der Waals surface area contributed by atoms with E-state index in [9.17, 15) is 4.79 Å². The molecule has 0 aromatic heterocycles. The van der Waals surface area contributed by atoms with Crippen LogP contribution in [0, 0.1) is 0 Å². The van der Waals surface area contributed by atoms with Gasteiger partial charge >= 0.3 is 0 Å². The minimum absolute atomic E-state index is 0.0233. The van der Waals surface area contributed by atoms with Crippen molar-refractivity contribution in [2.24, 2.45) is 0 Å². The van der Waals surface area contributed by atoms with E-state index in [1.54, 1.807) is 18.9 Å². The molecule has 1 aromatic carbocycles. The second-order valence-electron chi connectivity index (χ2n) is 4.87. The Bertz CT molecular complexity index is 419. The molecule has 0 unspecified atom stereocenters. The van der Waals surface area contributed by atoms with E-state index in [0.717, 1.165) is 31.7 Å². The molecule has 20 heavy (non-hydrogen) atoms. The molecule has 0 radical (unpaired) electrons. The molecule has 0 atom stereocenters. The Morgan fingerprint density at radius 3 is 2.70 bits per heavy atom. The van der Waals surface area contributed by atoms with Crippen LogP contribution in [-0.4, -0.2) is 44.0 Å². The lowest BCUT2D eigenvalue weighted by molar-refractivity contribution is -0.146. The summed E-state index contributed by atoms with van der Waals surface area (Å²) >= 11 is 1.75. The average Bonchev–Trinajstić information content (AvgIpc) is 2.53. The molecule has 1 fully saturated rings. The number of amides is 1. The largest absolute Gasteiger partial charge is 0.368 e. The standard InChI is InChI=1S/C15H22N2O2S/c1-19-15(7-9-16-10-8-15)14(18)17-11-12-20-13-5-3-2-4-6-13/h2-6,16H,7-12H2,1H3,(H,17,18). The van der Waals surface area contributed by atoms with Crippen LogP contribution in [0.2, 0.25) is 0 Å². The second-order valence-corrected chi connectivity index (χ2v) is 6.03. The number of piperidine rings is 1. The molecule has 2 rings (SSSR count). The van der Waals surface area contributed by atoms with E-state index in [1.807, 2.05) is 18.2 Å². The maximum Gasteiger partial charge on any atom is 0.252 e. The van der Waals surface area contributed by atoms with Gasteiger partial charge in [0.15, 0.2) is 0 Å². The number of benzene rings is 1. The van der Waals surface area contributed by atoms with Gasteiger partial charge in [-0.2, -0.15) is 0 Å². The van der Waals surface area contributed by atoms with Crippen molar-refractivity contribution in [3.8, 4) is 0 Å². The molecule has 5 heteroatoms. The molecule has 2 N–H and O–H groups in total. The zero-order valence-electron chi connectivity index (χ0n) is 11.9. The fourth-order valence-electron chi connectivity index (χ4n) is 2.37. The predicted molar refractivity (Wildman–Crippen MR) is 82.0 cm³/mol. The van der Waals surface area contributed by atoms with Crippen molar-refractivity contribution in [1.29, 1.82) is 0 Å². The quantitative estimate of drug-likeness (QED) is 0.619. The van der Waals surface area contributed by atoms with Crippen LogP contribution < -0.4 is 10.6 Å². The van der Waals surface area contributed by atoms with E-state index >= 15 is 0 Å². The first-order valence-corrected chi connectivity index (χ1v) is 7.97. The van der Waals surface area contributed by atoms with E-state index in [0.29, 0.717) is 6.54 Å². The molecule has 0 aliphatic carbocycles. The van der Waals surface area contributed by atoms with Crippen LogP contribution in [0.3, 0.4) is 0 Å². The molecule has 1 saturated heterocycles. The van der Waals surface area contributed by atoms with Crippen LogP contribution in [0.5, 0.6) is 0 Å². The summed E-state index contributed by atoms with van der Waals surface area (Å²) in [5, 5.41) is 6.26. The highest BCUT2D eigenvalue weighted by Crippen LogP contribution is 2.22. The molecule has 0 spiro atoms. The third kappa shape index (κ3) is 3.98. The van der Waals surface area contributed by atoms with Gasteiger partial charge in [-0.3, -0.25) is 4.79 Å². The Kier molecular flexibility index (Phi) is 5.88. The number of hydrogen-bond acceptors (Lipinski definition) is 4. The highest BCUT2D eigenvalue weighted by Gasteiger charge is 2.39. The predicted octanol–water partition coefficient (Wildman–Crippen LogP) is 1.66.